The maximum absolute atomic E-state index is 12.7. The van der Waals surface area contributed by atoms with Gasteiger partial charge in [-0.05, 0) is 60.5 Å². The number of urea groups is 1. The summed E-state index contributed by atoms with van der Waals surface area (Å²) in [6.45, 7) is 2.18. The first-order valence-electron chi connectivity index (χ1n) is 9.52. The summed E-state index contributed by atoms with van der Waals surface area (Å²) in [6, 6.07) is 20.7. The quantitative estimate of drug-likeness (QED) is 0.341. The summed E-state index contributed by atoms with van der Waals surface area (Å²) in [5.74, 6) is -0.380. The van der Waals surface area contributed by atoms with E-state index in [0.29, 0.717) is 10.0 Å². The summed E-state index contributed by atoms with van der Waals surface area (Å²) >= 11 is 13.6. The lowest BCUT2D eigenvalue weighted by molar-refractivity contribution is -0.123. The van der Waals surface area contributed by atoms with E-state index in [9.17, 15) is 9.59 Å². The van der Waals surface area contributed by atoms with Crippen LogP contribution in [0.3, 0.4) is 0 Å². The van der Waals surface area contributed by atoms with E-state index in [4.69, 9.17) is 23.2 Å². The molecule has 3 amide bonds. The molecule has 3 aromatic carbocycles. The molecule has 0 unspecified atom stereocenters. The molecule has 0 spiro atoms. The van der Waals surface area contributed by atoms with Gasteiger partial charge in [0.15, 0.2) is 0 Å². The number of carbonyl (C=O) groups excluding carboxylic acids is 2. The number of amides is 3. The topological polar surface area (TPSA) is 49.4 Å². The van der Waals surface area contributed by atoms with Crippen LogP contribution in [0.2, 0.25) is 10.0 Å². The van der Waals surface area contributed by atoms with E-state index in [0.717, 1.165) is 25.8 Å². The number of nitrogens with one attached hydrogen (secondary N) is 1. The molecule has 1 N–H and O–H groups in total. The molecule has 0 bridgehead atoms. The van der Waals surface area contributed by atoms with Crippen LogP contribution in [0.25, 0.3) is 6.08 Å². The van der Waals surface area contributed by atoms with Gasteiger partial charge in [0.05, 0.1) is 16.6 Å². The number of aryl methyl sites for hydroxylation is 1. The van der Waals surface area contributed by atoms with E-state index < -0.39 is 6.03 Å². The lowest BCUT2D eigenvalue weighted by atomic mass is 10.2. The zero-order chi connectivity index (χ0) is 22.0. The normalized spacial score (nSPS) is 14.9. The van der Waals surface area contributed by atoms with Crippen LogP contribution < -0.4 is 5.32 Å². The van der Waals surface area contributed by atoms with Crippen LogP contribution in [0.1, 0.15) is 16.7 Å². The van der Waals surface area contributed by atoms with Gasteiger partial charge in [0.25, 0.3) is 5.91 Å². The average Bonchev–Trinajstić information content (AvgIpc) is 3.01. The van der Waals surface area contributed by atoms with E-state index in [1.54, 1.807) is 36.0 Å². The third kappa shape index (κ3) is 5.13. The van der Waals surface area contributed by atoms with Crippen molar-refractivity contribution in [1.29, 1.82) is 0 Å². The molecule has 4 rings (SSSR count). The van der Waals surface area contributed by atoms with Crippen molar-refractivity contribution in [1.82, 2.24) is 10.2 Å². The third-order valence-corrected chi connectivity index (χ3v) is 6.49. The van der Waals surface area contributed by atoms with Gasteiger partial charge in [0.2, 0.25) is 0 Å². The Morgan fingerprint density at radius 3 is 2.19 bits per heavy atom. The smallest absolute Gasteiger partial charge is 0.303 e. The second-order valence-corrected chi connectivity index (χ2v) is 9.07. The molecule has 0 atom stereocenters. The average molecular weight is 469 g/mol. The molecule has 1 aliphatic rings. The first kappa shape index (κ1) is 21.5. The summed E-state index contributed by atoms with van der Waals surface area (Å²) in [5, 5.41) is 3.45. The highest BCUT2D eigenvalue weighted by Crippen LogP contribution is 2.29. The van der Waals surface area contributed by atoms with E-state index in [1.165, 1.54) is 5.56 Å². The Hall–Kier alpha value is -2.73. The number of imide groups is 1. The minimum absolute atomic E-state index is 0.116. The number of hydrogen-bond donors (Lipinski definition) is 1. The highest BCUT2D eigenvalue weighted by Gasteiger charge is 2.33. The molecular weight excluding hydrogens is 451 g/mol. The van der Waals surface area contributed by atoms with Crippen LogP contribution >= 0.6 is 35.0 Å². The van der Waals surface area contributed by atoms with Gasteiger partial charge in [-0.15, -0.1) is 0 Å². The first-order valence-corrected chi connectivity index (χ1v) is 11.1. The summed E-state index contributed by atoms with van der Waals surface area (Å²) in [4.78, 5) is 28.4. The standard InChI is InChI=1S/C24H18Cl2N2O2S/c1-15-2-7-18(8-3-15)31-19-9-4-16(5-10-19)13-22-23(29)28(24(30)27-22)14-17-6-11-20(25)21(26)12-17/h2-13H,14H2,1H3,(H,27,30)/b22-13-. The molecule has 0 aliphatic carbocycles. The predicted molar refractivity (Wildman–Crippen MR) is 125 cm³/mol. The number of halogens is 2. The summed E-state index contributed by atoms with van der Waals surface area (Å²) < 4.78 is 0. The maximum Gasteiger partial charge on any atom is 0.329 e. The van der Waals surface area contributed by atoms with E-state index in [2.05, 4.69) is 36.5 Å². The Bertz CT molecular complexity index is 1180. The van der Waals surface area contributed by atoms with Gasteiger partial charge < -0.3 is 5.32 Å². The van der Waals surface area contributed by atoms with Gasteiger partial charge >= 0.3 is 6.03 Å². The van der Waals surface area contributed by atoms with Crippen molar-refractivity contribution in [3.63, 3.8) is 0 Å². The van der Waals surface area contributed by atoms with E-state index in [-0.39, 0.29) is 18.1 Å². The largest absolute Gasteiger partial charge is 0.329 e. The predicted octanol–water partition coefficient (Wildman–Crippen LogP) is 6.55. The van der Waals surface area contributed by atoms with Crippen LogP contribution in [0.5, 0.6) is 0 Å². The van der Waals surface area contributed by atoms with Crippen molar-refractivity contribution >= 4 is 53.0 Å². The van der Waals surface area contributed by atoms with Crippen molar-refractivity contribution in [2.45, 2.75) is 23.3 Å². The van der Waals surface area contributed by atoms with E-state index >= 15 is 0 Å². The molecule has 3 aromatic rings. The van der Waals surface area contributed by atoms with Crippen LogP contribution in [0.15, 0.2) is 82.2 Å². The molecular formula is C24H18Cl2N2O2S. The molecule has 1 fully saturated rings. The molecule has 1 saturated heterocycles. The second kappa shape index (κ2) is 9.18. The lowest BCUT2D eigenvalue weighted by Crippen LogP contribution is -2.30. The summed E-state index contributed by atoms with van der Waals surface area (Å²) in [7, 11) is 0. The highest BCUT2D eigenvalue weighted by atomic mass is 35.5. The number of carbonyl (C=O) groups is 2. The van der Waals surface area contributed by atoms with E-state index in [1.807, 2.05) is 24.3 Å². The van der Waals surface area contributed by atoms with Crippen molar-refractivity contribution in [3.05, 3.63) is 99.2 Å². The maximum atomic E-state index is 12.7. The number of nitrogens with zero attached hydrogens (tertiary/aromatic N) is 1. The monoisotopic (exact) mass is 468 g/mol. The van der Waals surface area contributed by atoms with Crippen LogP contribution in [-0.4, -0.2) is 16.8 Å². The molecule has 1 heterocycles. The molecule has 7 heteroatoms. The number of hydrogen-bond acceptors (Lipinski definition) is 3. The van der Waals surface area contributed by atoms with Gasteiger partial charge in [0, 0.05) is 9.79 Å². The highest BCUT2D eigenvalue weighted by molar-refractivity contribution is 7.99. The summed E-state index contributed by atoms with van der Waals surface area (Å²) in [6.07, 6.45) is 1.68. The van der Waals surface area contributed by atoms with Gasteiger partial charge in [-0.2, -0.15) is 0 Å². The fraction of sp³-hybridized carbons (Fsp3) is 0.0833. The Kier molecular flexibility index (Phi) is 6.37. The Morgan fingerprint density at radius 1 is 0.903 bits per heavy atom. The first-order chi connectivity index (χ1) is 14.9. The van der Waals surface area contributed by atoms with Crippen LogP contribution in [-0.2, 0) is 11.3 Å². The summed E-state index contributed by atoms with van der Waals surface area (Å²) in [5.41, 5.74) is 3.01. The van der Waals surface area contributed by atoms with Crippen molar-refractivity contribution in [2.75, 3.05) is 0 Å². The van der Waals surface area contributed by atoms with Gasteiger partial charge in [-0.25, -0.2) is 4.79 Å². The molecule has 0 aromatic heterocycles. The molecule has 31 heavy (non-hydrogen) atoms. The Labute approximate surface area is 194 Å². The van der Waals surface area contributed by atoms with Crippen molar-refractivity contribution in [2.24, 2.45) is 0 Å². The SMILES string of the molecule is Cc1ccc(Sc2ccc(/C=C3\NC(=O)N(Cc4ccc(Cl)c(Cl)c4)C3=O)cc2)cc1. The zero-order valence-corrected chi connectivity index (χ0v) is 18.9. The van der Waals surface area contributed by atoms with Crippen LogP contribution in [0, 0.1) is 6.92 Å². The minimum atomic E-state index is -0.464. The van der Waals surface area contributed by atoms with Gasteiger partial charge in [-0.1, -0.05) is 70.9 Å². The third-order valence-electron chi connectivity index (χ3n) is 4.73. The minimum Gasteiger partial charge on any atom is -0.303 e. The van der Waals surface area contributed by atoms with Crippen molar-refractivity contribution < 1.29 is 9.59 Å². The molecule has 4 nitrogen and oxygen atoms in total. The molecule has 156 valence electrons. The fourth-order valence-electron chi connectivity index (χ4n) is 3.08. The molecule has 1 aliphatic heterocycles. The van der Waals surface area contributed by atoms with Crippen molar-refractivity contribution in [3.8, 4) is 0 Å². The molecule has 0 radical (unpaired) electrons. The Morgan fingerprint density at radius 2 is 1.55 bits per heavy atom. The molecule has 0 saturated carbocycles. The van der Waals surface area contributed by atoms with Crippen LogP contribution in [0.4, 0.5) is 4.79 Å². The zero-order valence-electron chi connectivity index (χ0n) is 16.6. The second-order valence-electron chi connectivity index (χ2n) is 7.11. The number of rotatable bonds is 5. The Balaban J connectivity index is 1.45. The van der Waals surface area contributed by atoms with Gasteiger partial charge in [0.1, 0.15) is 5.70 Å². The fourth-order valence-corrected chi connectivity index (χ4v) is 4.21. The lowest BCUT2D eigenvalue weighted by Gasteiger charge is -2.12. The number of benzene rings is 3. The van der Waals surface area contributed by atoms with Gasteiger partial charge in [-0.3, -0.25) is 9.69 Å².